The van der Waals surface area contributed by atoms with Gasteiger partial charge in [0.15, 0.2) is 0 Å². The fraction of sp³-hybridized carbons (Fsp3) is 0.556. The molecule has 7 heteroatoms. The highest BCUT2D eigenvalue weighted by atomic mass is 16.6. The molecule has 0 saturated carbocycles. The summed E-state index contributed by atoms with van der Waals surface area (Å²) in [6, 6.07) is 0. The zero-order chi connectivity index (χ0) is 11.8. The zero-order valence-electron chi connectivity index (χ0n) is 8.72. The van der Waals surface area contributed by atoms with Crippen LogP contribution in [0.2, 0.25) is 0 Å². The monoisotopic (exact) mass is 227 g/mol. The van der Waals surface area contributed by atoms with Crippen molar-refractivity contribution in [1.82, 2.24) is 9.97 Å². The number of ether oxygens (including phenoxy) is 1. The summed E-state index contributed by atoms with van der Waals surface area (Å²) in [5, 5.41) is 9.98. The summed E-state index contributed by atoms with van der Waals surface area (Å²) < 4.78 is 4.81. The second-order valence-corrected chi connectivity index (χ2v) is 3.21. The van der Waals surface area contributed by atoms with Crippen molar-refractivity contribution in [3.8, 4) is 0 Å². The first kappa shape index (κ1) is 12.2. The van der Waals surface area contributed by atoms with Gasteiger partial charge in [0.05, 0.1) is 19.4 Å². The molecule has 1 heterocycles. The number of H-pyrrole nitrogens is 1. The highest BCUT2D eigenvalue weighted by Crippen LogP contribution is 1.98. The van der Waals surface area contributed by atoms with Crippen LogP contribution in [0.3, 0.4) is 0 Å². The number of aromatic amines is 1. The van der Waals surface area contributed by atoms with Crippen molar-refractivity contribution in [2.45, 2.75) is 19.3 Å². The fourth-order valence-corrected chi connectivity index (χ4v) is 1.11. The maximum Gasteiger partial charge on any atom is 0.306 e. The first-order valence-corrected chi connectivity index (χ1v) is 4.93. The molecule has 0 saturated heterocycles. The Morgan fingerprint density at radius 3 is 3.06 bits per heavy atom. The van der Waals surface area contributed by atoms with Crippen molar-refractivity contribution < 1.29 is 14.5 Å². The summed E-state index contributed by atoms with van der Waals surface area (Å²) in [7, 11) is 0. The summed E-state index contributed by atoms with van der Waals surface area (Å²) in [5.74, 6) is -0.349. The van der Waals surface area contributed by atoms with Gasteiger partial charge in [-0.25, -0.2) is 4.98 Å². The molecule has 0 aliphatic heterocycles. The SMILES string of the molecule is O=C(CCc1cnc[nH]1)OCCC[N+](=O)[O-]. The lowest BCUT2D eigenvalue weighted by Crippen LogP contribution is -2.10. The van der Waals surface area contributed by atoms with Crippen LogP contribution in [0.4, 0.5) is 0 Å². The van der Waals surface area contributed by atoms with Gasteiger partial charge < -0.3 is 9.72 Å². The van der Waals surface area contributed by atoms with Gasteiger partial charge in [-0.15, -0.1) is 0 Å². The number of hydrogen-bond donors (Lipinski definition) is 1. The molecule has 16 heavy (non-hydrogen) atoms. The van der Waals surface area contributed by atoms with Gasteiger partial charge in [0.2, 0.25) is 6.54 Å². The lowest BCUT2D eigenvalue weighted by molar-refractivity contribution is -0.480. The zero-order valence-corrected chi connectivity index (χ0v) is 8.72. The van der Waals surface area contributed by atoms with Gasteiger partial charge in [-0.2, -0.15) is 0 Å². The van der Waals surface area contributed by atoms with Crippen LogP contribution in [0.15, 0.2) is 12.5 Å². The standard InChI is InChI=1S/C9H13N3O4/c13-9(16-5-1-4-12(14)15)3-2-8-6-10-7-11-8/h6-7H,1-5H2,(H,10,11). The second-order valence-electron chi connectivity index (χ2n) is 3.21. The van der Waals surface area contributed by atoms with Crippen LogP contribution in [0.25, 0.3) is 0 Å². The molecule has 0 unspecified atom stereocenters. The van der Waals surface area contributed by atoms with Crippen molar-refractivity contribution >= 4 is 5.97 Å². The maximum absolute atomic E-state index is 11.2. The van der Waals surface area contributed by atoms with E-state index in [-0.39, 0.29) is 32.0 Å². The molecule has 1 rings (SSSR count). The number of imidazole rings is 1. The third kappa shape index (κ3) is 5.08. The first-order valence-electron chi connectivity index (χ1n) is 4.93. The predicted molar refractivity (Wildman–Crippen MR) is 54.3 cm³/mol. The highest BCUT2D eigenvalue weighted by Gasteiger charge is 2.05. The van der Waals surface area contributed by atoms with Crippen molar-refractivity contribution in [3.63, 3.8) is 0 Å². The minimum absolute atomic E-state index is 0.1000. The topological polar surface area (TPSA) is 98.1 Å². The van der Waals surface area contributed by atoms with Crippen LogP contribution >= 0.6 is 0 Å². The number of carbonyl (C=O) groups excluding carboxylic acids is 1. The van der Waals surface area contributed by atoms with Gasteiger partial charge in [0.25, 0.3) is 0 Å². The Balaban J connectivity index is 2.05. The van der Waals surface area contributed by atoms with Crippen molar-refractivity contribution in [3.05, 3.63) is 28.3 Å². The highest BCUT2D eigenvalue weighted by molar-refractivity contribution is 5.69. The third-order valence-corrected chi connectivity index (χ3v) is 1.90. The Morgan fingerprint density at radius 1 is 1.62 bits per heavy atom. The van der Waals surface area contributed by atoms with Gasteiger partial charge in [0.1, 0.15) is 0 Å². The molecule has 0 bridgehead atoms. The average Bonchev–Trinajstić information content (AvgIpc) is 2.74. The minimum Gasteiger partial charge on any atom is -0.465 e. The van der Waals surface area contributed by atoms with Gasteiger partial charge >= 0.3 is 5.97 Å². The van der Waals surface area contributed by atoms with E-state index in [0.717, 1.165) is 5.69 Å². The second kappa shape index (κ2) is 6.54. The predicted octanol–water partition coefficient (Wildman–Crippen LogP) is 0.552. The van der Waals surface area contributed by atoms with Gasteiger partial charge in [0, 0.05) is 23.2 Å². The molecular weight excluding hydrogens is 214 g/mol. The Morgan fingerprint density at radius 2 is 2.44 bits per heavy atom. The van der Waals surface area contributed by atoms with Crippen LogP contribution in [-0.4, -0.2) is 34.0 Å². The van der Waals surface area contributed by atoms with Crippen LogP contribution in [0.5, 0.6) is 0 Å². The number of esters is 1. The van der Waals surface area contributed by atoms with Crippen LogP contribution in [-0.2, 0) is 16.0 Å². The molecule has 0 radical (unpaired) electrons. The Kier molecular flexibility index (Phi) is 4.97. The van der Waals surface area contributed by atoms with Crippen LogP contribution in [0, 0.1) is 10.1 Å². The van der Waals surface area contributed by atoms with E-state index < -0.39 is 4.92 Å². The van der Waals surface area contributed by atoms with Crippen molar-refractivity contribution in [1.29, 1.82) is 0 Å². The molecule has 0 amide bonds. The molecule has 0 aromatic carbocycles. The van der Waals surface area contributed by atoms with E-state index in [1.54, 1.807) is 6.20 Å². The molecule has 0 spiro atoms. The molecule has 0 atom stereocenters. The molecule has 1 aromatic rings. The largest absolute Gasteiger partial charge is 0.465 e. The first-order chi connectivity index (χ1) is 7.68. The molecular formula is C9H13N3O4. The summed E-state index contributed by atoms with van der Waals surface area (Å²) in [6.45, 7) is -0.0728. The van der Waals surface area contributed by atoms with E-state index in [2.05, 4.69) is 9.97 Å². The maximum atomic E-state index is 11.2. The number of nitrogens with zero attached hydrogens (tertiary/aromatic N) is 2. The molecule has 1 aromatic heterocycles. The van der Waals surface area contributed by atoms with Crippen LogP contribution in [0.1, 0.15) is 18.5 Å². The van der Waals surface area contributed by atoms with Gasteiger partial charge in [-0.3, -0.25) is 14.9 Å². The molecule has 0 fully saturated rings. The Bertz CT molecular complexity index is 337. The normalized spacial score (nSPS) is 10.0. The van der Waals surface area contributed by atoms with E-state index in [1.807, 2.05) is 0 Å². The quantitative estimate of drug-likeness (QED) is 0.317. The number of nitro groups is 1. The number of hydrogen-bond acceptors (Lipinski definition) is 5. The van der Waals surface area contributed by atoms with Crippen LogP contribution < -0.4 is 0 Å². The molecule has 88 valence electrons. The number of aromatic nitrogens is 2. The lowest BCUT2D eigenvalue weighted by Gasteiger charge is -2.01. The minimum atomic E-state index is -0.432. The lowest BCUT2D eigenvalue weighted by atomic mass is 10.2. The summed E-state index contributed by atoms with van der Waals surface area (Å²) in [6.07, 6.45) is 4.22. The third-order valence-electron chi connectivity index (χ3n) is 1.90. The molecule has 7 nitrogen and oxygen atoms in total. The number of aryl methyl sites for hydroxylation is 1. The Hall–Kier alpha value is -1.92. The van der Waals surface area contributed by atoms with E-state index >= 15 is 0 Å². The summed E-state index contributed by atoms with van der Waals surface area (Å²) >= 11 is 0. The fourth-order valence-electron chi connectivity index (χ4n) is 1.11. The van der Waals surface area contributed by atoms with E-state index in [0.29, 0.717) is 6.42 Å². The smallest absolute Gasteiger partial charge is 0.306 e. The molecule has 0 aliphatic rings. The summed E-state index contributed by atoms with van der Waals surface area (Å²) in [4.78, 5) is 27.4. The molecule has 0 aliphatic carbocycles. The van der Waals surface area contributed by atoms with Gasteiger partial charge in [-0.1, -0.05) is 0 Å². The average molecular weight is 227 g/mol. The van der Waals surface area contributed by atoms with E-state index in [4.69, 9.17) is 4.74 Å². The van der Waals surface area contributed by atoms with Gasteiger partial charge in [-0.05, 0) is 6.42 Å². The summed E-state index contributed by atoms with van der Waals surface area (Å²) in [5.41, 5.74) is 0.863. The number of carbonyl (C=O) groups is 1. The van der Waals surface area contributed by atoms with E-state index in [9.17, 15) is 14.9 Å². The number of nitrogens with one attached hydrogen (secondary N) is 1. The van der Waals surface area contributed by atoms with E-state index in [1.165, 1.54) is 6.33 Å². The Labute approximate surface area is 92.0 Å². The number of rotatable bonds is 7. The molecule has 1 N–H and O–H groups in total. The van der Waals surface area contributed by atoms with Crippen molar-refractivity contribution in [2.24, 2.45) is 0 Å². The van der Waals surface area contributed by atoms with Crippen molar-refractivity contribution in [2.75, 3.05) is 13.2 Å².